The van der Waals surface area contributed by atoms with E-state index in [2.05, 4.69) is 15.1 Å². The molecule has 11 heteroatoms. The molecule has 4 rings (SSSR count). The Balaban J connectivity index is 1.52. The second-order valence-corrected chi connectivity index (χ2v) is 10.5. The van der Waals surface area contributed by atoms with Crippen molar-refractivity contribution in [2.45, 2.75) is 39.5 Å². The molecule has 30 heavy (non-hydrogen) atoms. The Bertz CT molecular complexity index is 1220. The lowest BCUT2D eigenvalue weighted by atomic mass is 10.2. The van der Waals surface area contributed by atoms with Crippen LogP contribution in [0.3, 0.4) is 0 Å². The summed E-state index contributed by atoms with van der Waals surface area (Å²) in [5, 5.41) is 9.27. The van der Waals surface area contributed by atoms with Gasteiger partial charge in [0.05, 0.1) is 36.2 Å². The predicted octanol–water partition coefficient (Wildman–Crippen LogP) is 2.47. The lowest BCUT2D eigenvalue weighted by Gasteiger charge is -2.17. The molecule has 0 spiro atoms. The largest absolute Gasteiger partial charge is 0.461 e. The number of nitrogens with zero attached hydrogens (tertiary/aromatic N) is 6. The minimum atomic E-state index is -2.96. The van der Waals surface area contributed by atoms with Crippen LogP contribution >= 0.6 is 12.2 Å². The standard InChI is InChI=1S/C19H26N6O3S2/c1-13-16(14(2)25(20-13)15-7-9-30(26,27)11-15)10-22(3)12-24-19(29)23(4)18(21-24)17-6-5-8-28-17/h5-6,8,15H,7,9-12H2,1-4H3. The van der Waals surface area contributed by atoms with Crippen LogP contribution in [0.5, 0.6) is 0 Å². The van der Waals surface area contributed by atoms with Crippen molar-refractivity contribution in [2.75, 3.05) is 18.6 Å². The van der Waals surface area contributed by atoms with Crippen LogP contribution in [0, 0.1) is 18.6 Å². The molecule has 0 radical (unpaired) electrons. The van der Waals surface area contributed by atoms with Gasteiger partial charge in [-0.1, -0.05) is 0 Å². The lowest BCUT2D eigenvalue weighted by molar-refractivity contribution is 0.243. The summed E-state index contributed by atoms with van der Waals surface area (Å²) in [5.74, 6) is 1.76. The summed E-state index contributed by atoms with van der Waals surface area (Å²) in [5.41, 5.74) is 3.04. The Morgan fingerprint density at radius 1 is 1.33 bits per heavy atom. The molecule has 3 aromatic heterocycles. The molecule has 0 aliphatic carbocycles. The molecule has 3 aromatic rings. The van der Waals surface area contributed by atoms with Gasteiger partial charge in [-0.2, -0.15) is 5.10 Å². The SMILES string of the molecule is Cc1nn(C2CCS(=O)(=O)C2)c(C)c1CN(C)Cn1nc(-c2ccco2)n(C)c1=S. The van der Waals surface area contributed by atoms with E-state index in [4.69, 9.17) is 16.6 Å². The second kappa shape index (κ2) is 7.78. The minimum Gasteiger partial charge on any atom is -0.461 e. The molecule has 1 atom stereocenters. The van der Waals surface area contributed by atoms with Crippen LogP contribution in [0.2, 0.25) is 0 Å². The van der Waals surface area contributed by atoms with Gasteiger partial charge < -0.3 is 8.98 Å². The summed E-state index contributed by atoms with van der Waals surface area (Å²) in [6.45, 7) is 5.15. The van der Waals surface area contributed by atoms with Gasteiger partial charge >= 0.3 is 0 Å². The number of sulfone groups is 1. The van der Waals surface area contributed by atoms with Gasteiger partial charge in [0.25, 0.3) is 0 Å². The molecule has 1 saturated heterocycles. The van der Waals surface area contributed by atoms with E-state index in [9.17, 15) is 8.42 Å². The van der Waals surface area contributed by atoms with Gasteiger partial charge in [-0.15, -0.1) is 5.10 Å². The maximum atomic E-state index is 11.9. The highest BCUT2D eigenvalue weighted by molar-refractivity contribution is 7.91. The first-order chi connectivity index (χ1) is 14.2. The zero-order chi connectivity index (χ0) is 21.6. The van der Waals surface area contributed by atoms with E-state index in [0.29, 0.717) is 36.0 Å². The summed E-state index contributed by atoms with van der Waals surface area (Å²) in [7, 11) is 0.915. The molecule has 0 aromatic carbocycles. The molecule has 0 N–H and O–H groups in total. The van der Waals surface area contributed by atoms with Crippen molar-refractivity contribution in [3.8, 4) is 11.6 Å². The molecule has 1 aliphatic heterocycles. The number of hydrogen-bond donors (Lipinski definition) is 0. The zero-order valence-electron chi connectivity index (χ0n) is 17.6. The molecule has 1 fully saturated rings. The van der Waals surface area contributed by atoms with Crippen molar-refractivity contribution in [2.24, 2.45) is 7.05 Å². The first kappa shape index (κ1) is 21.0. The van der Waals surface area contributed by atoms with Crippen molar-refractivity contribution in [1.29, 1.82) is 0 Å². The number of aryl methyl sites for hydroxylation is 1. The van der Waals surface area contributed by atoms with Gasteiger partial charge in [-0.3, -0.25) is 9.58 Å². The van der Waals surface area contributed by atoms with Gasteiger partial charge in [0.2, 0.25) is 0 Å². The van der Waals surface area contributed by atoms with Crippen LogP contribution in [0.25, 0.3) is 11.6 Å². The monoisotopic (exact) mass is 450 g/mol. The molecule has 1 unspecified atom stereocenters. The predicted molar refractivity (Wildman–Crippen MR) is 115 cm³/mol. The third-order valence-electron chi connectivity index (χ3n) is 5.61. The van der Waals surface area contributed by atoms with Crippen LogP contribution in [0.1, 0.15) is 29.4 Å². The van der Waals surface area contributed by atoms with Gasteiger partial charge in [0.15, 0.2) is 26.2 Å². The van der Waals surface area contributed by atoms with Crippen LogP contribution in [0.4, 0.5) is 0 Å². The highest BCUT2D eigenvalue weighted by Gasteiger charge is 2.31. The maximum Gasteiger partial charge on any atom is 0.199 e. The quantitative estimate of drug-likeness (QED) is 0.533. The summed E-state index contributed by atoms with van der Waals surface area (Å²) < 4.78 is 35.3. The highest BCUT2D eigenvalue weighted by atomic mass is 32.2. The van der Waals surface area contributed by atoms with Crippen LogP contribution < -0.4 is 0 Å². The average Bonchev–Trinajstić information content (AvgIpc) is 3.44. The highest BCUT2D eigenvalue weighted by Crippen LogP contribution is 2.27. The van der Waals surface area contributed by atoms with E-state index < -0.39 is 9.84 Å². The zero-order valence-corrected chi connectivity index (χ0v) is 19.2. The Hall–Kier alpha value is -2.24. The van der Waals surface area contributed by atoms with Gasteiger partial charge in [-0.05, 0) is 51.7 Å². The molecular weight excluding hydrogens is 424 g/mol. The van der Waals surface area contributed by atoms with E-state index >= 15 is 0 Å². The van der Waals surface area contributed by atoms with Gasteiger partial charge in [0.1, 0.15) is 0 Å². The fourth-order valence-electron chi connectivity index (χ4n) is 4.00. The normalized spacial score (nSPS) is 18.5. The molecule has 0 saturated carbocycles. The average molecular weight is 451 g/mol. The number of rotatable bonds is 6. The minimum absolute atomic E-state index is 0.0759. The summed E-state index contributed by atoms with van der Waals surface area (Å²) in [6.07, 6.45) is 2.24. The molecule has 0 bridgehead atoms. The fourth-order valence-corrected chi connectivity index (χ4v) is 5.88. The van der Waals surface area contributed by atoms with Crippen molar-refractivity contribution >= 4 is 22.1 Å². The first-order valence-corrected chi connectivity index (χ1v) is 12.0. The smallest absolute Gasteiger partial charge is 0.199 e. The Labute approximate surface area is 180 Å². The van der Waals surface area contributed by atoms with Crippen molar-refractivity contribution in [3.05, 3.63) is 40.1 Å². The summed E-state index contributed by atoms with van der Waals surface area (Å²) >= 11 is 5.54. The molecular formula is C19H26N6O3S2. The molecule has 162 valence electrons. The van der Waals surface area contributed by atoms with Crippen molar-refractivity contribution in [1.82, 2.24) is 29.0 Å². The summed E-state index contributed by atoms with van der Waals surface area (Å²) in [6, 6.07) is 3.60. The molecule has 4 heterocycles. The number of hydrogen-bond acceptors (Lipinski definition) is 7. The van der Waals surface area contributed by atoms with Crippen LogP contribution in [0.15, 0.2) is 22.8 Å². The maximum absolute atomic E-state index is 11.9. The van der Waals surface area contributed by atoms with E-state index in [1.807, 2.05) is 49.3 Å². The van der Waals surface area contributed by atoms with Gasteiger partial charge in [0, 0.05) is 24.8 Å². The third-order valence-corrected chi connectivity index (χ3v) is 7.85. The molecule has 0 amide bonds. The third kappa shape index (κ3) is 3.88. The Morgan fingerprint density at radius 3 is 2.73 bits per heavy atom. The molecule has 1 aliphatic rings. The van der Waals surface area contributed by atoms with Crippen LogP contribution in [-0.4, -0.2) is 56.0 Å². The van der Waals surface area contributed by atoms with Gasteiger partial charge in [-0.25, -0.2) is 13.1 Å². The van der Waals surface area contributed by atoms with Crippen molar-refractivity contribution < 1.29 is 12.8 Å². The van der Waals surface area contributed by atoms with E-state index in [1.54, 1.807) is 10.9 Å². The van der Waals surface area contributed by atoms with Crippen LogP contribution in [-0.2, 0) is 30.1 Å². The lowest BCUT2D eigenvalue weighted by Crippen LogP contribution is -2.23. The van der Waals surface area contributed by atoms with E-state index in [0.717, 1.165) is 17.0 Å². The van der Waals surface area contributed by atoms with E-state index in [1.165, 1.54) is 0 Å². The number of furan rings is 1. The summed E-state index contributed by atoms with van der Waals surface area (Å²) in [4.78, 5) is 2.11. The second-order valence-electron chi connectivity index (χ2n) is 7.95. The Morgan fingerprint density at radius 2 is 2.10 bits per heavy atom. The Kier molecular flexibility index (Phi) is 5.45. The fraction of sp³-hybridized carbons (Fsp3) is 0.526. The van der Waals surface area contributed by atoms with E-state index in [-0.39, 0.29) is 17.5 Å². The number of aromatic nitrogens is 5. The van der Waals surface area contributed by atoms with Crippen molar-refractivity contribution in [3.63, 3.8) is 0 Å². The molecule has 9 nitrogen and oxygen atoms in total. The first-order valence-electron chi connectivity index (χ1n) is 9.77. The topological polar surface area (TPSA) is 91.1 Å².